The molecule has 0 unspecified atom stereocenters. The maximum absolute atomic E-state index is 12.5. The molecular weight excluding hydrogens is 420 g/mol. The fourth-order valence-electron chi connectivity index (χ4n) is 3.52. The molecule has 1 aromatic carbocycles. The van der Waals surface area contributed by atoms with Crippen molar-refractivity contribution in [2.75, 3.05) is 31.2 Å². The summed E-state index contributed by atoms with van der Waals surface area (Å²) in [6, 6.07) is 7.41. The minimum atomic E-state index is -0.412. The molecule has 164 valence electrons. The number of carbonyl (C=O) groups is 2. The molecule has 31 heavy (non-hydrogen) atoms. The lowest BCUT2D eigenvalue weighted by molar-refractivity contribution is -0.122. The molecule has 2 amide bonds. The Bertz CT molecular complexity index is 1170. The first-order chi connectivity index (χ1) is 15.0. The number of aryl methyl sites for hydroxylation is 3. The molecule has 0 spiro atoms. The van der Waals surface area contributed by atoms with Crippen molar-refractivity contribution < 1.29 is 14.3 Å². The molecule has 0 aliphatic carbocycles. The molecule has 0 radical (unpaired) electrons. The van der Waals surface area contributed by atoms with Crippen LogP contribution >= 0.6 is 11.3 Å². The van der Waals surface area contributed by atoms with Crippen molar-refractivity contribution in [1.29, 1.82) is 0 Å². The topological polar surface area (TPSA) is 110 Å². The molecular formula is C20H24N6O4S. The van der Waals surface area contributed by atoms with E-state index in [1.807, 2.05) is 24.3 Å². The molecule has 1 aliphatic heterocycles. The van der Waals surface area contributed by atoms with Crippen molar-refractivity contribution in [3.05, 3.63) is 45.3 Å². The monoisotopic (exact) mass is 444 g/mol. The van der Waals surface area contributed by atoms with Crippen LogP contribution in [0.4, 0.5) is 5.13 Å². The van der Waals surface area contributed by atoms with Gasteiger partial charge in [0.2, 0.25) is 5.91 Å². The van der Waals surface area contributed by atoms with Gasteiger partial charge < -0.3 is 9.64 Å². The number of ether oxygens (including phenoxy) is 1. The normalized spacial score (nSPS) is 14.1. The van der Waals surface area contributed by atoms with Crippen LogP contribution < -0.4 is 21.4 Å². The number of aromatic nitrogens is 3. The molecule has 11 heteroatoms. The summed E-state index contributed by atoms with van der Waals surface area (Å²) < 4.78 is 8.45. The fraction of sp³-hybridized carbons (Fsp3) is 0.400. The van der Waals surface area contributed by atoms with Crippen LogP contribution in [0.1, 0.15) is 21.8 Å². The molecule has 1 fully saturated rings. The number of rotatable bonds is 5. The van der Waals surface area contributed by atoms with Gasteiger partial charge in [0, 0.05) is 33.1 Å². The number of hydrogen-bond donors (Lipinski definition) is 2. The summed E-state index contributed by atoms with van der Waals surface area (Å²) >= 11 is 1.29. The molecule has 10 nitrogen and oxygen atoms in total. The fourth-order valence-corrected chi connectivity index (χ4v) is 4.54. The van der Waals surface area contributed by atoms with Crippen LogP contribution in [0.5, 0.6) is 0 Å². The van der Waals surface area contributed by atoms with E-state index in [0.29, 0.717) is 23.8 Å². The van der Waals surface area contributed by atoms with Crippen LogP contribution in [0.2, 0.25) is 0 Å². The highest BCUT2D eigenvalue weighted by Gasteiger charge is 2.21. The zero-order valence-electron chi connectivity index (χ0n) is 17.4. The smallest absolute Gasteiger partial charge is 0.328 e. The lowest BCUT2D eigenvalue weighted by Gasteiger charge is -2.25. The van der Waals surface area contributed by atoms with E-state index in [0.717, 1.165) is 29.3 Å². The largest absolute Gasteiger partial charge is 0.378 e. The van der Waals surface area contributed by atoms with Crippen molar-refractivity contribution in [2.45, 2.75) is 19.9 Å². The average Bonchev–Trinajstić information content (AvgIpc) is 3.29. The number of benzene rings is 1. The number of nitrogens with one attached hydrogen (secondary N) is 2. The van der Waals surface area contributed by atoms with E-state index >= 15 is 0 Å². The number of morpholine rings is 1. The molecule has 3 heterocycles. The van der Waals surface area contributed by atoms with Gasteiger partial charge in [-0.3, -0.25) is 29.6 Å². The number of nitrogens with zero attached hydrogens (tertiary/aromatic N) is 4. The third-order valence-corrected chi connectivity index (χ3v) is 6.42. The Labute approximate surface area is 182 Å². The number of hydrogen-bond acceptors (Lipinski definition) is 7. The van der Waals surface area contributed by atoms with Crippen LogP contribution in [0.3, 0.4) is 0 Å². The molecule has 0 bridgehead atoms. The van der Waals surface area contributed by atoms with E-state index in [2.05, 4.69) is 20.7 Å². The van der Waals surface area contributed by atoms with Gasteiger partial charge >= 0.3 is 5.69 Å². The Balaban J connectivity index is 1.34. The van der Waals surface area contributed by atoms with E-state index in [4.69, 9.17) is 4.74 Å². The van der Waals surface area contributed by atoms with Crippen molar-refractivity contribution in [3.63, 3.8) is 0 Å². The third kappa shape index (κ3) is 4.32. The van der Waals surface area contributed by atoms with Crippen LogP contribution in [0.15, 0.2) is 29.1 Å². The van der Waals surface area contributed by atoms with Crippen molar-refractivity contribution in [2.24, 2.45) is 7.05 Å². The number of carbonyl (C=O) groups excluding carboxylic acids is 2. The van der Waals surface area contributed by atoms with Gasteiger partial charge in [-0.15, -0.1) is 0 Å². The van der Waals surface area contributed by atoms with E-state index in [9.17, 15) is 14.4 Å². The first kappa shape index (κ1) is 21.1. The van der Waals surface area contributed by atoms with E-state index in [1.165, 1.54) is 11.3 Å². The van der Waals surface area contributed by atoms with Gasteiger partial charge in [0.15, 0.2) is 5.13 Å². The number of anilines is 1. The molecule has 1 aliphatic rings. The Morgan fingerprint density at radius 2 is 1.87 bits per heavy atom. The van der Waals surface area contributed by atoms with Crippen LogP contribution in [0, 0.1) is 6.92 Å². The predicted octanol–water partition coefficient (Wildman–Crippen LogP) is 0.793. The molecule has 1 saturated heterocycles. The van der Waals surface area contributed by atoms with E-state index in [1.54, 1.807) is 23.1 Å². The minimum Gasteiger partial charge on any atom is -0.378 e. The highest BCUT2D eigenvalue weighted by atomic mass is 32.1. The van der Waals surface area contributed by atoms with Gasteiger partial charge in [-0.05, 0) is 19.1 Å². The summed E-state index contributed by atoms with van der Waals surface area (Å²) in [5, 5.41) is 0.771. The number of imidazole rings is 1. The highest BCUT2D eigenvalue weighted by Crippen LogP contribution is 2.26. The van der Waals surface area contributed by atoms with Crippen molar-refractivity contribution >= 4 is 39.3 Å². The zero-order valence-corrected chi connectivity index (χ0v) is 18.2. The Hall–Kier alpha value is -3.18. The van der Waals surface area contributed by atoms with E-state index < -0.39 is 5.91 Å². The average molecular weight is 445 g/mol. The number of fused-ring (bicyclic) bond motifs is 1. The third-order valence-electron chi connectivity index (χ3n) is 5.20. The second kappa shape index (κ2) is 8.90. The van der Waals surface area contributed by atoms with Crippen LogP contribution in [-0.4, -0.2) is 52.2 Å². The number of hydrazine groups is 1. The Morgan fingerprint density at radius 1 is 1.16 bits per heavy atom. The molecule has 4 rings (SSSR count). The summed E-state index contributed by atoms with van der Waals surface area (Å²) in [6.45, 7) is 4.72. The predicted molar refractivity (Wildman–Crippen MR) is 117 cm³/mol. The van der Waals surface area contributed by atoms with Crippen molar-refractivity contribution in [1.82, 2.24) is 25.0 Å². The first-order valence-electron chi connectivity index (χ1n) is 9.99. The van der Waals surface area contributed by atoms with Crippen molar-refractivity contribution in [3.8, 4) is 0 Å². The maximum Gasteiger partial charge on any atom is 0.328 e. The minimum absolute atomic E-state index is 0.0505. The molecule has 2 N–H and O–H groups in total. The van der Waals surface area contributed by atoms with Crippen LogP contribution in [-0.2, 0) is 23.1 Å². The first-order valence-corrected chi connectivity index (χ1v) is 10.8. The summed E-state index contributed by atoms with van der Waals surface area (Å²) in [4.78, 5) is 44.2. The van der Waals surface area contributed by atoms with Crippen LogP contribution in [0.25, 0.3) is 11.0 Å². The van der Waals surface area contributed by atoms with Gasteiger partial charge in [0.1, 0.15) is 4.88 Å². The van der Waals surface area contributed by atoms with E-state index in [-0.39, 0.29) is 24.6 Å². The molecule has 0 saturated carbocycles. The van der Waals surface area contributed by atoms with Gasteiger partial charge in [0.25, 0.3) is 5.91 Å². The summed E-state index contributed by atoms with van der Waals surface area (Å²) in [5.41, 5.74) is 6.87. The SMILES string of the molecule is Cc1nc(N2CCOCC2)sc1C(=O)NNC(=O)CCn1c(=O)n(C)c2ccccc21. The zero-order chi connectivity index (χ0) is 22.0. The second-order valence-corrected chi connectivity index (χ2v) is 8.22. The molecule has 3 aromatic rings. The maximum atomic E-state index is 12.5. The lowest BCUT2D eigenvalue weighted by atomic mass is 10.3. The number of thiazole rings is 1. The highest BCUT2D eigenvalue weighted by molar-refractivity contribution is 7.17. The lowest BCUT2D eigenvalue weighted by Crippen LogP contribution is -2.42. The van der Waals surface area contributed by atoms with Gasteiger partial charge in [-0.25, -0.2) is 9.78 Å². The summed E-state index contributed by atoms with van der Waals surface area (Å²) in [6.07, 6.45) is 0.0505. The van der Waals surface area contributed by atoms with Gasteiger partial charge in [0.05, 0.1) is 29.9 Å². The number of para-hydroxylation sites is 2. The van der Waals surface area contributed by atoms with Gasteiger partial charge in [-0.2, -0.15) is 0 Å². The van der Waals surface area contributed by atoms with Gasteiger partial charge in [-0.1, -0.05) is 23.5 Å². The molecule has 0 atom stereocenters. The summed E-state index contributed by atoms with van der Waals surface area (Å²) in [7, 11) is 1.70. The standard InChI is InChI=1S/C20H24N6O4S/c1-13-17(31-19(21-13)25-9-11-30-12-10-25)18(28)23-22-16(27)7-8-26-15-6-4-3-5-14(15)24(2)20(26)29/h3-6H,7-12H2,1-2H3,(H,22,27)(H,23,28). The quantitative estimate of drug-likeness (QED) is 0.563. The molecule has 2 aromatic heterocycles. The number of amides is 2. The Morgan fingerprint density at radius 3 is 2.61 bits per heavy atom. The second-order valence-electron chi connectivity index (χ2n) is 7.24. The summed E-state index contributed by atoms with van der Waals surface area (Å²) in [5.74, 6) is -0.797. The Kier molecular flexibility index (Phi) is 6.05.